The second-order valence-corrected chi connectivity index (χ2v) is 7.40. The first-order valence-corrected chi connectivity index (χ1v) is 9.64. The third-order valence-corrected chi connectivity index (χ3v) is 5.84. The first-order chi connectivity index (χ1) is 14.2. The van der Waals surface area contributed by atoms with E-state index in [2.05, 4.69) is 16.0 Å². The molecule has 1 aliphatic heterocycles. The molecule has 0 aliphatic carbocycles. The molecule has 2 amide bonds. The first kappa shape index (κ1) is 16.3. The lowest BCUT2D eigenvalue weighted by Gasteiger charge is -2.10. The molecular formula is C23H17N3O3. The molecule has 2 aromatic carbocycles. The standard InChI is InChI=1S/C23H17N3O3/c27-11-5-10-25-16-9-4-2-7-14(16)18-19-21(23(29)24-22(19)28)26-15-8-3-1-6-13(15)12-17(26)20(18)25/h1-4,6-9,12,27H,5,10-11H2,(H,24,28,29). The topological polar surface area (TPSA) is 75.7 Å². The highest BCUT2D eigenvalue weighted by molar-refractivity contribution is 6.32. The van der Waals surface area contributed by atoms with Gasteiger partial charge in [0.25, 0.3) is 11.8 Å². The lowest BCUT2D eigenvalue weighted by Crippen LogP contribution is -2.20. The van der Waals surface area contributed by atoms with E-state index >= 15 is 0 Å². The minimum absolute atomic E-state index is 0.0805. The van der Waals surface area contributed by atoms with Crippen LogP contribution in [0, 0.1) is 0 Å². The Morgan fingerprint density at radius 1 is 0.897 bits per heavy atom. The molecule has 142 valence electrons. The van der Waals surface area contributed by atoms with E-state index < -0.39 is 0 Å². The van der Waals surface area contributed by atoms with Crippen LogP contribution in [0.5, 0.6) is 0 Å². The Hall–Kier alpha value is -3.64. The van der Waals surface area contributed by atoms with Crippen LogP contribution in [-0.2, 0) is 6.54 Å². The molecule has 3 aromatic heterocycles. The molecule has 0 fully saturated rings. The Morgan fingerprint density at radius 2 is 1.66 bits per heavy atom. The number of pyridine rings is 1. The largest absolute Gasteiger partial charge is 0.396 e. The number of aryl methyl sites for hydroxylation is 1. The molecule has 0 atom stereocenters. The fraction of sp³-hybridized carbons (Fsp3) is 0.130. The van der Waals surface area contributed by atoms with E-state index in [1.165, 1.54) is 0 Å². The van der Waals surface area contributed by atoms with Gasteiger partial charge in [0.15, 0.2) is 0 Å². The SMILES string of the molecule is O=C1NC(=O)c2c1c1c3ccccc3n(CCCO)c1c1cc3ccccc3n21. The highest BCUT2D eigenvalue weighted by Crippen LogP contribution is 2.40. The molecule has 0 saturated carbocycles. The van der Waals surface area contributed by atoms with Crippen LogP contribution in [0.15, 0.2) is 54.6 Å². The predicted octanol–water partition coefficient (Wildman–Crippen LogP) is 3.47. The number of benzene rings is 2. The maximum atomic E-state index is 12.9. The van der Waals surface area contributed by atoms with Crippen molar-refractivity contribution in [2.24, 2.45) is 0 Å². The van der Waals surface area contributed by atoms with Crippen molar-refractivity contribution in [2.75, 3.05) is 6.61 Å². The van der Waals surface area contributed by atoms with Crippen molar-refractivity contribution in [3.8, 4) is 0 Å². The number of para-hydroxylation sites is 2. The van der Waals surface area contributed by atoms with Crippen LogP contribution in [-0.4, -0.2) is 32.5 Å². The summed E-state index contributed by atoms with van der Waals surface area (Å²) in [6.45, 7) is 0.698. The first-order valence-electron chi connectivity index (χ1n) is 9.64. The van der Waals surface area contributed by atoms with Gasteiger partial charge in [-0.3, -0.25) is 14.9 Å². The lowest BCUT2D eigenvalue weighted by atomic mass is 10.1. The van der Waals surface area contributed by atoms with Gasteiger partial charge in [-0.1, -0.05) is 36.4 Å². The number of hydrogen-bond acceptors (Lipinski definition) is 3. The molecule has 1 aliphatic rings. The average molecular weight is 383 g/mol. The maximum Gasteiger partial charge on any atom is 0.275 e. The van der Waals surface area contributed by atoms with Crippen molar-refractivity contribution in [3.63, 3.8) is 0 Å². The molecule has 2 N–H and O–H groups in total. The molecule has 6 heteroatoms. The fourth-order valence-corrected chi connectivity index (χ4v) is 4.75. The number of aliphatic hydroxyl groups excluding tert-OH is 1. The molecule has 4 heterocycles. The van der Waals surface area contributed by atoms with Crippen molar-refractivity contribution in [1.29, 1.82) is 0 Å². The van der Waals surface area contributed by atoms with Crippen LogP contribution in [0.4, 0.5) is 0 Å². The van der Waals surface area contributed by atoms with Crippen molar-refractivity contribution in [2.45, 2.75) is 13.0 Å². The Labute approximate surface area is 164 Å². The third-order valence-electron chi connectivity index (χ3n) is 5.84. The summed E-state index contributed by atoms with van der Waals surface area (Å²) in [5.41, 5.74) is 4.51. The number of nitrogens with zero attached hydrogens (tertiary/aromatic N) is 2. The second kappa shape index (κ2) is 5.68. The van der Waals surface area contributed by atoms with Gasteiger partial charge in [0.05, 0.1) is 22.1 Å². The van der Waals surface area contributed by atoms with Crippen LogP contribution in [0.1, 0.15) is 27.3 Å². The summed E-state index contributed by atoms with van der Waals surface area (Å²) in [5.74, 6) is -0.731. The molecule has 6 rings (SSSR count). The van der Waals surface area contributed by atoms with Gasteiger partial charge in [-0.2, -0.15) is 0 Å². The molecule has 0 unspecified atom stereocenters. The third kappa shape index (κ3) is 1.98. The number of hydrogen-bond donors (Lipinski definition) is 2. The number of nitrogens with one attached hydrogen (secondary N) is 1. The summed E-state index contributed by atoms with van der Waals surface area (Å²) in [6, 6.07) is 17.9. The van der Waals surface area contributed by atoms with E-state index in [1.807, 2.05) is 52.9 Å². The number of fused-ring (bicyclic) bond motifs is 10. The van der Waals surface area contributed by atoms with Crippen molar-refractivity contribution < 1.29 is 14.7 Å². The summed E-state index contributed by atoms with van der Waals surface area (Å²) >= 11 is 0. The van der Waals surface area contributed by atoms with Gasteiger partial charge >= 0.3 is 0 Å². The number of rotatable bonds is 3. The van der Waals surface area contributed by atoms with Crippen LogP contribution in [0.3, 0.4) is 0 Å². The zero-order valence-corrected chi connectivity index (χ0v) is 15.5. The zero-order chi connectivity index (χ0) is 19.7. The molecule has 0 radical (unpaired) electrons. The summed E-state index contributed by atoms with van der Waals surface area (Å²) in [6.07, 6.45) is 0.600. The van der Waals surface area contributed by atoms with Crippen molar-refractivity contribution >= 4 is 50.0 Å². The Bertz CT molecular complexity index is 1510. The van der Waals surface area contributed by atoms with E-state index in [-0.39, 0.29) is 18.4 Å². The van der Waals surface area contributed by atoms with Crippen LogP contribution < -0.4 is 5.32 Å². The van der Waals surface area contributed by atoms with Crippen molar-refractivity contribution in [1.82, 2.24) is 14.3 Å². The molecule has 29 heavy (non-hydrogen) atoms. The highest BCUT2D eigenvalue weighted by Gasteiger charge is 2.35. The second-order valence-electron chi connectivity index (χ2n) is 7.40. The number of amides is 2. The average Bonchev–Trinajstić information content (AvgIpc) is 3.36. The minimum atomic E-state index is -0.370. The number of carbonyl (C=O) groups excluding carboxylic acids is 2. The van der Waals surface area contributed by atoms with Gasteiger partial charge in [-0.15, -0.1) is 0 Å². The predicted molar refractivity (Wildman–Crippen MR) is 111 cm³/mol. The monoisotopic (exact) mass is 383 g/mol. The van der Waals surface area contributed by atoms with Gasteiger partial charge in [0.1, 0.15) is 5.69 Å². The zero-order valence-electron chi connectivity index (χ0n) is 15.5. The van der Waals surface area contributed by atoms with Crippen LogP contribution >= 0.6 is 0 Å². The molecule has 0 saturated heterocycles. The van der Waals surface area contributed by atoms with E-state index in [9.17, 15) is 14.7 Å². The molecule has 0 spiro atoms. The number of carbonyl (C=O) groups is 2. The summed E-state index contributed by atoms with van der Waals surface area (Å²) in [7, 11) is 0. The van der Waals surface area contributed by atoms with Crippen LogP contribution in [0.25, 0.3) is 38.2 Å². The maximum absolute atomic E-state index is 12.9. The van der Waals surface area contributed by atoms with Gasteiger partial charge in [0, 0.05) is 34.8 Å². The Kier molecular flexibility index (Phi) is 3.20. The smallest absolute Gasteiger partial charge is 0.275 e. The lowest BCUT2D eigenvalue weighted by molar-refractivity contribution is 0.0878. The normalized spacial score (nSPS) is 13.8. The van der Waals surface area contributed by atoms with Gasteiger partial charge < -0.3 is 14.1 Å². The molecule has 0 bridgehead atoms. The number of imide groups is 1. The highest BCUT2D eigenvalue weighted by atomic mass is 16.3. The van der Waals surface area contributed by atoms with Gasteiger partial charge in [-0.05, 0) is 24.6 Å². The Morgan fingerprint density at radius 3 is 2.48 bits per heavy atom. The quantitative estimate of drug-likeness (QED) is 0.469. The molecule has 5 aromatic rings. The van der Waals surface area contributed by atoms with Gasteiger partial charge in [-0.25, -0.2) is 0 Å². The number of aliphatic hydroxyl groups is 1. The van der Waals surface area contributed by atoms with Gasteiger partial charge in [0.2, 0.25) is 0 Å². The fourth-order valence-electron chi connectivity index (χ4n) is 4.75. The van der Waals surface area contributed by atoms with E-state index in [0.29, 0.717) is 24.2 Å². The van der Waals surface area contributed by atoms with Crippen molar-refractivity contribution in [3.05, 3.63) is 65.9 Å². The molecule has 6 nitrogen and oxygen atoms in total. The van der Waals surface area contributed by atoms with E-state index in [1.54, 1.807) is 0 Å². The molecular weight excluding hydrogens is 366 g/mol. The summed E-state index contributed by atoms with van der Waals surface area (Å²) in [5, 5.41) is 14.7. The summed E-state index contributed by atoms with van der Waals surface area (Å²) < 4.78 is 4.06. The van der Waals surface area contributed by atoms with Crippen LogP contribution in [0.2, 0.25) is 0 Å². The Balaban J connectivity index is 1.96. The summed E-state index contributed by atoms with van der Waals surface area (Å²) in [4.78, 5) is 25.7. The van der Waals surface area contributed by atoms with E-state index in [0.717, 1.165) is 38.2 Å². The number of aromatic nitrogens is 2. The minimum Gasteiger partial charge on any atom is -0.396 e. The van der Waals surface area contributed by atoms with E-state index in [4.69, 9.17) is 0 Å².